The van der Waals surface area contributed by atoms with Gasteiger partial charge in [-0.2, -0.15) is 0 Å². The van der Waals surface area contributed by atoms with Crippen molar-refractivity contribution < 1.29 is 8.42 Å². The van der Waals surface area contributed by atoms with Gasteiger partial charge in [0.25, 0.3) is 0 Å². The average Bonchev–Trinajstić information content (AvgIpc) is 2.44. The van der Waals surface area contributed by atoms with Gasteiger partial charge < -0.3 is 5.73 Å². The number of nitrogens with one attached hydrogen (secondary N) is 1. The van der Waals surface area contributed by atoms with E-state index in [0.717, 1.165) is 24.0 Å². The molecular weight excluding hydrogens is 284 g/mol. The standard InChI is InChI=1S/C16H26N2O2S/c1-11-5-4-6-15(13(11)3)18-21(19,20)16-9-14(10-17)8-7-12(16)2/h7-9,11,13,15,18H,4-6,10,17H2,1-3H3. The average molecular weight is 310 g/mol. The van der Waals surface area contributed by atoms with Crippen LogP contribution in [0, 0.1) is 18.8 Å². The summed E-state index contributed by atoms with van der Waals surface area (Å²) in [6.45, 7) is 6.51. The molecule has 1 aromatic rings. The van der Waals surface area contributed by atoms with Crippen molar-refractivity contribution in [2.75, 3.05) is 0 Å². The second-order valence-corrected chi connectivity index (χ2v) is 7.98. The van der Waals surface area contributed by atoms with Crippen LogP contribution in [-0.4, -0.2) is 14.5 Å². The highest BCUT2D eigenvalue weighted by atomic mass is 32.2. The van der Waals surface area contributed by atoms with Gasteiger partial charge in [0.2, 0.25) is 10.0 Å². The first-order valence-electron chi connectivity index (χ1n) is 7.67. The van der Waals surface area contributed by atoms with E-state index < -0.39 is 10.0 Å². The first-order valence-corrected chi connectivity index (χ1v) is 9.15. The van der Waals surface area contributed by atoms with E-state index in [2.05, 4.69) is 18.6 Å². The number of hydrogen-bond acceptors (Lipinski definition) is 3. The first-order chi connectivity index (χ1) is 9.85. The molecule has 0 spiro atoms. The molecule has 21 heavy (non-hydrogen) atoms. The van der Waals surface area contributed by atoms with Crippen molar-refractivity contribution in [3.05, 3.63) is 29.3 Å². The van der Waals surface area contributed by atoms with Crippen LogP contribution in [-0.2, 0) is 16.6 Å². The Morgan fingerprint density at radius 1 is 1.29 bits per heavy atom. The predicted octanol–water partition coefficient (Wildman–Crippen LogP) is 2.56. The molecule has 2 rings (SSSR count). The lowest BCUT2D eigenvalue weighted by atomic mass is 9.78. The van der Waals surface area contributed by atoms with Crippen LogP contribution in [0.1, 0.15) is 44.2 Å². The van der Waals surface area contributed by atoms with Crippen LogP contribution in [0.25, 0.3) is 0 Å². The quantitative estimate of drug-likeness (QED) is 0.897. The molecule has 0 bridgehead atoms. The third-order valence-electron chi connectivity index (χ3n) is 4.79. The fraction of sp³-hybridized carbons (Fsp3) is 0.625. The molecule has 1 fully saturated rings. The van der Waals surface area contributed by atoms with Gasteiger partial charge in [-0.3, -0.25) is 0 Å². The molecule has 3 unspecified atom stereocenters. The van der Waals surface area contributed by atoms with Crippen molar-refractivity contribution in [3.8, 4) is 0 Å². The maximum atomic E-state index is 12.7. The smallest absolute Gasteiger partial charge is 0.241 e. The zero-order chi connectivity index (χ0) is 15.6. The summed E-state index contributed by atoms with van der Waals surface area (Å²) in [7, 11) is -3.49. The molecule has 0 radical (unpaired) electrons. The Kier molecular flexibility index (Phi) is 5.07. The highest BCUT2D eigenvalue weighted by Gasteiger charge is 2.31. The second kappa shape index (κ2) is 6.46. The minimum absolute atomic E-state index is 0.0275. The van der Waals surface area contributed by atoms with Gasteiger partial charge in [-0.25, -0.2) is 13.1 Å². The molecule has 4 nitrogen and oxygen atoms in total. The third kappa shape index (κ3) is 3.65. The highest BCUT2D eigenvalue weighted by molar-refractivity contribution is 7.89. The van der Waals surface area contributed by atoms with Crippen LogP contribution < -0.4 is 10.5 Å². The number of rotatable bonds is 4. The van der Waals surface area contributed by atoms with E-state index in [9.17, 15) is 8.42 Å². The van der Waals surface area contributed by atoms with Gasteiger partial charge in [0.05, 0.1) is 4.90 Å². The monoisotopic (exact) mass is 310 g/mol. The lowest BCUT2D eigenvalue weighted by molar-refractivity contribution is 0.227. The van der Waals surface area contributed by atoms with Crippen LogP contribution in [0.4, 0.5) is 0 Å². The molecule has 0 aromatic heterocycles. The van der Waals surface area contributed by atoms with Gasteiger partial charge in [-0.05, 0) is 42.4 Å². The number of sulfonamides is 1. The number of aryl methyl sites for hydroxylation is 1. The summed E-state index contributed by atoms with van der Waals surface area (Å²) in [5.74, 6) is 0.925. The highest BCUT2D eigenvalue weighted by Crippen LogP contribution is 2.30. The summed E-state index contributed by atoms with van der Waals surface area (Å²) in [5.41, 5.74) is 7.22. The molecule has 0 amide bonds. The topological polar surface area (TPSA) is 72.2 Å². The van der Waals surface area contributed by atoms with Crippen molar-refractivity contribution >= 4 is 10.0 Å². The predicted molar refractivity (Wildman–Crippen MR) is 85.4 cm³/mol. The van der Waals surface area contributed by atoms with Gasteiger partial charge in [-0.1, -0.05) is 38.8 Å². The van der Waals surface area contributed by atoms with Crippen molar-refractivity contribution in [2.24, 2.45) is 17.6 Å². The van der Waals surface area contributed by atoms with E-state index in [-0.39, 0.29) is 6.04 Å². The lowest BCUT2D eigenvalue weighted by Gasteiger charge is -2.34. The number of nitrogens with two attached hydrogens (primary N) is 1. The van der Waals surface area contributed by atoms with Crippen LogP contribution in [0.5, 0.6) is 0 Å². The van der Waals surface area contributed by atoms with Crippen LogP contribution in [0.3, 0.4) is 0 Å². The molecule has 118 valence electrons. The Labute approximate surface area is 128 Å². The van der Waals surface area contributed by atoms with Crippen molar-refractivity contribution in [3.63, 3.8) is 0 Å². The van der Waals surface area contributed by atoms with E-state index in [1.807, 2.05) is 19.1 Å². The van der Waals surface area contributed by atoms with Gasteiger partial charge in [0, 0.05) is 12.6 Å². The van der Waals surface area contributed by atoms with E-state index in [4.69, 9.17) is 5.73 Å². The molecule has 0 heterocycles. The third-order valence-corrected chi connectivity index (χ3v) is 6.42. The maximum absolute atomic E-state index is 12.7. The van der Waals surface area contributed by atoms with Crippen molar-refractivity contribution in [1.29, 1.82) is 0 Å². The molecule has 1 aromatic carbocycles. The fourth-order valence-electron chi connectivity index (χ4n) is 3.07. The summed E-state index contributed by atoms with van der Waals surface area (Å²) < 4.78 is 28.3. The second-order valence-electron chi connectivity index (χ2n) is 6.30. The minimum Gasteiger partial charge on any atom is -0.326 e. The lowest BCUT2D eigenvalue weighted by Crippen LogP contribution is -2.43. The molecule has 1 aliphatic rings. The van der Waals surface area contributed by atoms with Crippen LogP contribution >= 0.6 is 0 Å². The molecule has 3 N–H and O–H groups in total. The Morgan fingerprint density at radius 2 is 2.00 bits per heavy atom. The molecule has 1 aliphatic carbocycles. The number of hydrogen-bond donors (Lipinski definition) is 2. The fourth-order valence-corrected chi connectivity index (χ4v) is 4.73. The van der Waals surface area contributed by atoms with Gasteiger partial charge in [0.15, 0.2) is 0 Å². The summed E-state index contributed by atoms with van der Waals surface area (Å²) >= 11 is 0. The van der Waals surface area contributed by atoms with E-state index in [0.29, 0.717) is 23.3 Å². The zero-order valence-electron chi connectivity index (χ0n) is 13.1. The zero-order valence-corrected chi connectivity index (χ0v) is 13.9. The molecule has 0 aliphatic heterocycles. The summed E-state index contributed by atoms with van der Waals surface area (Å²) in [5, 5.41) is 0. The van der Waals surface area contributed by atoms with Gasteiger partial charge in [-0.15, -0.1) is 0 Å². The Bertz CT molecular complexity index is 598. The summed E-state index contributed by atoms with van der Waals surface area (Å²) in [4.78, 5) is 0.357. The molecule has 5 heteroatoms. The molecule has 3 atom stereocenters. The Hall–Kier alpha value is -0.910. The van der Waals surface area contributed by atoms with Crippen molar-refractivity contribution in [1.82, 2.24) is 4.72 Å². The van der Waals surface area contributed by atoms with Gasteiger partial charge >= 0.3 is 0 Å². The largest absolute Gasteiger partial charge is 0.326 e. The van der Waals surface area contributed by atoms with Crippen molar-refractivity contribution in [2.45, 2.75) is 57.5 Å². The molecule has 1 saturated carbocycles. The maximum Gasteiger partial charge on any atom is 0.241 e. The normalized spacial score (nSPS) is 26.8. The molecule has 0 saturated heterocycles. The first kappa shape index (κ1) is 16.5. The molecular formula is C16H26N2O2S. The van der Waals surface area contributed by atoms with E-state index >= 15 is 0 Å². The van der Waals surface area contributed by atoms with Crippen LogP contribution in [0.2, 0.25) is 0 Å². The van der Waals surface area contributed by atoms with Crippen LogP contribution in [0.15, 0.2) is 23.1 Å². The summed E-state index contributed by atoms with van der Waals surface area (Å²) in [6, 6.07) is 5.41. The number of benzene rings is 1. The Morgan fingerprint density at radius 3 is 2.67 bits per heavy atom. The SMILES string of the molecule is Cc1ccc(CN)cc1S(=O)(=O)NC1CCCC(C)C1C. The minimum atomic E-state index is -3.49. The summed E-state index contributed by atoms with van der Waals surface area (Å²) in [6.07, 6.45) is 3.18. The van der Waals surface area contributed by atoms with E-state index in [1.54, 1.807) is 6.07 Å². The Balaban J connectivity index is 2.26. The van der Waals surface area contributed by atoms with Gasteiger partial charge in [0.1, 0.15) is 0 Å². The van der Waals surface area contributed by atoms with E-state index in [1.165, 1.54) is 6.42 Å².